The first kappa shape index (κ1) is 11.6. The van der Waals surface area contributed by atoms with Gasteiger partial charge in [0.05, 0.1) is 0 Å². The van der Waals surface area contributed by atoms with E-state index in [0.717, 1.165) is 12.2 Å². The Kier molecular flexibility index (Phi) is 3.00. The van der Waals surface area contributed by atoms with Gasteiger partial charge in [-0.1, -0.05) is 0 Å². The molecule has 2 aromatic rings. The van der Waals surface area contributed by atoms with Gasteiger partial charge < -0.3 is 10.6 Å². The van der Waals surface area contributed by atoms with Gasteiger partial charge in [0.2, 0.25) is 0 Å². The van der Waals surface area contributed by atoms with Gasteiger partial charge >= 0.3 is 0 Å². The van der Waals surface area contributed by atoms with Gasteiger partial charge in [-0.3, -0.25) is 0 Å². The highest BCUT2D eigenvalue weighted by Gasteiger charge is 2.29. The fraction of sp³-hybridized carbons (Fsp3) is 0.333. The van der Waals surface area contributed by atoms with Gasteiger partial charge in [-0.15, -0.1) is 0 Å². The zero-order valence-corrected chi connectivity index (χ0v) is 11.4. The third-order valence-corrected chi connectivity index (χ3v) is 4.07. The predicted octanol–water partition coefficient (Wildman–Crippen LogP) is 3.81. The summed E-state index contributed by atoms with van der Waals surface area (Å²) in [4.78, 5) is 2.49. The van der Waals surface area contributed by atoms with Crippen LogP contribution in [0.3, 0.4) is 0 Å². The maximum absolute atomic E-state index is 5.97. The molecule has 18 heavy (non-hydrogen) atoms. The second-order valence-electron chi connectivity index (χ2n) is 5.09. The van der Waals surface area contributed by atoms with Gasteiger partial charge in [0.15, 0.2) is 0 Å². The first-order valence-corrected chi connectivity index (χ1v) is 7.31. The number of rotatable bonds is 4. The standard InChI is InChI=1S/C15H18N2S/c1-11-6-13(16)8-15(7-11)17(14-2-3-14)9-12-4-5-18-10-12/h4-8,10,14H,2-3,9,16H2,1H3. The molecule has 1 aromatic carbocycles. The summed E-state index contributed by atoms with van der Waals surface area (Å²) in [6.07, 6.45) is 2.61. The van der Waals surface area contributed by atoms with Gasteiger partial charge in [0, 0.05) is 24.0 Å². The summed E-state index contributed by atoms with van der Waals surface area (Å²) < 4.78 is 0. The van der Waals surface area contributed by atoms with E-state index in [1.54, 1.807) is 11.3 Å². The summed E-state index contributed by atoms with van der Waals surface area (Å²) in [7, 11) is 0. The summed E-state index contributed by atoms with van der Waals surface area (Å²) in [6, 6.07) is 9.27. The van der Waals surface area contributed by atoms with Gasteiger partial charge in [0.25, 0.3) is 0 Å². The molecule has 0 bridgehead atoms. The Morgan fingerprint density at radius 1 is 1.33 bits per heavy atom. The van der Waals surface area contributed by atoms with Crippen molar-refractivity contribution >= 4 is 22.7 Å². The van der Waals surface area contributed by atoms with Crippen molar-refractivity contribution < 1.29 is 0 Å². The minimum Gasteiger partial charge on any atom is -0.399 e. The topological polar surface area (TPSA) is 29.3 Å². The highest BCUT2D eigenvalue weighted by atomic mass is 32.1. The maximum atomic E-state index is 5.97. The molecule has 1 aliphatic rings. The molecule has 3 rings (SSSR count). The average molecular weight is 258 g/mol. The number of aryl methyl sites for hydroxylation is 1. The molecule has 0 amide bonds. The molecule has 2 nitrogen and oxygen atoms in total. The van der Waals surface area contributed by atoms with E-state index in [9.17, 15) is 0 Å². The Balaban J connectivity index is 1.89. The van der Waals surface area contributed by atoms with Crippen LogP contribution in [-0.4, -0.2) is 6.04 Å². The molecule has 1 fully saturated rings. The zero-order chi connectivity index (χ0) is 12.5. The van der Waals surface area contributed by atoms with Crippen LogP contribution in [0.1, 0.15) is 24.0 Å². The Labute approximate surface area is 112 Å². The van der Waals surface area contributed by atoms with Gasteiger partial charge in [-0.25, -0.2) is 0 Å². The van der Waals surface area contributed by atoms with Crippen molar-refractivity contribution in [1.82, 2.24) is 0 Å². The first-order valence-electron chi connectivity index (χ1n) is 6.37. The van der Waals surface area contributed by atoms with Gasteiger partial charge in [0.1, 0.15) is 0 Å². The molecule has 1 saturated carbocycles. The molecule has 2 N–H and O–H groups in total. The molecule has 1 aromatic heterocycles. The number of thiophene rings is 1. The number of nitrogens with two attached hydrogens (primary N) is 1. The van der Waals surface area contributed by atoms with Crippen LogP contribution in [0.2, 0.25) is 0 Å². The Morgan fingerprint density at radius 2 is 2.17 bits per heavy atom. The normalized spacial score (nSPS) is 14.7. The van der Waals surface area contributed by atoms with Crippen LogP contribution in [0, 0.1) is 6.92 Å². The zero-order valence-electron chi connectivity index (χ0n) is 10.6. The van der Waals surface area contributed by atoms with Crippen molar-refractivity contribution in [2.24, 2.45) is 0 Å². The first-order chi connectivity index (χ1) is 8.72. The number of nitrogens with zero attached hydrogens (tertiary/aromatic N) is 1. The van der Waals surface area contributed by atoms with E-state index in [4.69, 9.17) is 5.73 Å². The molecule has 0 unspecified atom stereocenters. The van der Waals surface area contributed by atoms with Gasteiger partial charge in [-0.2, -0.15) is 11.3 Å². The van der Waals surface area contributed by atoms with Crippen LogP contribution in [-0.2, 0) is 6.54 Å². The Bertz CT molecular complexity index is 509. The third-order valence-electron chi connectivity index (χ3n) is 3.34. The van der Waals surface area contributed by atoms with E-state index in [1.165, 1.54) is 29.7 Å². The molecule has 3 heteroatoms. The second-order valence-corrected chi connectivity index (χ2v) is 5.87. The van der Waals surface area contributed by atoms with Crippen LogP contribution < -0.4 is 10.6 Å². The number of hydrogen-bond donors (Lipinski definition) is 1. The van der Waals surface area contributed by atoms with E-state index in [1.807, 2.05) is 6.07 Å². The number of nitrogen functional groups attached to an aromatic ring is 1. The van der Waals surface area contributed by atoms with Crippen LogP contribution in [0.25, 0.3) is 0 Å². The lowest BCUT2D eigenvalue weighted by molar-refractivity contribution is 0.796. The van der Waals surface area contributed by atoms with E-state index in [-0.39, 0.29) is 0 Å². The Hall–Kier alpha value is -1.48. The highest BCUT2D eigenvalue weighted by molar-refractivity contribution is 7.07. The van der Waals surface area contributed by atoms with E-state index in [2.05, 4.69) is 40.8 Å². The van der Waals surface area contributed by atoms with Crippen molar-refractivity contribution in [1.29, 1.82) is 0 Å². The molecular formula is C15H18N2S. The van der Waals surface area contributed by atoms with Crippen LogP contribution in [0.4, 0.5) is 11.4 Å². The molecule has 0 aliphatic heterocycles. The molecule has 1 aliphatic carbocycles. The summed E-state index contributed by atoms with van der Waals surface area (Å²) in [5.41, 5.74) is 10.7. The van der Waals surface area contributed by atoms with E-state index in [0.29, 0.717) is 6.04 Å². The largest absolute Gasteiger partial charge is 0.399 e. The van der Waals surface area contributed by atoms with Gasteiger partial charge in [-0.05, 0) is 65.9 Å². The fourth-order valence-electron chi connectivity index (χ4n) is 2.35. The molecule has 0 atom stereocenters. The summed E-state index contributed by atoms with van der Waals surface area (Å²) in [5, 5.41) is 4.37. The number of anilines is 2. The smallest absolute Gasteiger partial charge is 0.0440 e. The van der Waals surface area contributed by atoms with Crippen molar-refractivity contribution in [3.05, 3.63) is 46.2 Å². The van der Waals surface area contributed by atoms with Crippen molar-refractivity contribution in [2.45, 2.75) is 32.4 Å². The van der Waals surface area contributed by atoms with Crippen LogP contribution in [0.15, 0.2) is 35.0 Å². The predicted molar refractivity (Wildman–Crippen MR) is 79.1 cm³/mol. The molecule has 1 heterocycles. The third kappa shape index (κ3) is 2.51. The van der Waals surface area contributed by atoms with E-state index >= 15 is 0 Å². The lowest BCUT2D eigenvalue weighted by atomic mass is 10.1. The second kappa shape index (κ2) is 4.65. The molecule has 0 saturated heterocycles. The van der Waals surface area contributed by atoms with Crippen molar-refractivity contribution in [3.8, 4) is 0 Å². The minimum absolute atomic E-state index is 0.700. The molecule has 0 radical (unpaired) electrons. The lowest BCUT2D eigenvalue weighted by Crippen LogP contribution is -2.24. The van der Waals surface area contributed by atoms with Crippen LogP contribution in [0.5, 0.6) is 0 Å². The minimum atomic E-state index is 0.700. The number of benzene rings is 1. The summed E-state index contributed by atoms with van der Waals surface area (Å²) in [6.45, 7) is 3.10. The van der Waals surface area contributed by atoms with Crippen molar-refractivity contribution in [2.75, 3.05) is 10.6 Å². The Morgan fingerprint density at radius 3 is 2.78 bits per heavy atom. The van der Waals surface area contributed by atoms with Crippen molar-refractivity contribution in [3.63, 3.8) is 0 Å². The number of hydrogen-bond acceptors (Lipinski definition) is 3. The SMILES string of the molecule is Cc1cc(N)cc(N(Cc2ccsc2)C2CC2)c1. The molecule has 94 valence electrons. The lowest BCUT2D eigenvalue weighted by Gasteiger charge is -2.25. The summed E-state index contributed by atoms with van der Waals surface area (Å²) in [5.74, 6) is 0. The quantitative estimate of drug-likeness (QED) is 0.845. The summed E-state index contributed by atoms with van der Waals surface area (Å²) >= 11 is 1.76. The fourth-order valence-corrected chi connectivity index (χ4v) is 3.01. The van der Waals surface area contributed by atoms with Crippen LogP contribution >= 0.6 is 11.3 Å². The average Bonchev–Trinajstić information content (AvgIpc) is 3.02. The highest BCUT2D eigenvalue weighted by Crippen LogP contribution is 2.34. The molecule has 0 spiro atoms. The monoisotopic (exact) mass is 258 g/mol. The maximum Gasteiger partial charge on any atom is 0.0440 e. The van der Waals surface area contributed by atoms with E-state index < -0.39 is 0 Å². The molecular weight excluding hydrogens is 240 g/mol.